The Labute approximate surface area is 44.4 Å². The van der Waals surface area contributed by atoms with Gasteiger partial charge in [0.25, 0.3) is 0 Å². The van der Waals surface area contributed by atoms with Gasteiger partial charge in [0.2, 0.25) is 8.15 Å². The quantitative estimate of drug-likeness (QED) is 0.471. The van der Waals surface area contributed by atoms with Gasteiger partial charge in [-0.15, -0.1) is 12.2 Å². The molecule has 1 atom stereocenters. The van der Waals surface area contributed by atoms with Crippen LogP contribution < -0.4 is 0 Å². The Hall–Kier alpha value is 0.840. The van der Waals surface area contributed by atoms with Crippen molar-refractivity contribution in [1.29, 1.82) is 0 Å². The summed E-state index contributed by atoms with van der Waals surface area (Å²) in [4.78, 5) is 0. The highest BCUT2D eigenvalue weighted by atomic mass is 32.9. The molecule has 6 heavy (non-hydrogen) atoms. The van der Waals surface area contributed by atoms with Crippen LogP contribution >= 0.6 is 27.4 Å². The average Bonchev–Trinajstić information content (AvgIpc) is 1.65. The Balaban J connectivity index is 2.96. The van der Waals surface area contributed by atoms with E-state index in [0.717, 1.165) is 0 Å². The van der Waals surface area contributed by atoms with Gasteiger partial charge in [-0.1, -0.05) is 0 Å². The van der Waals surface area contributed by atoms with Crippen molar-refractivity contribution in [3.8, 4) is 0 Å². The van der Waals surface area contributed by atoms with Crippen LogP contribution in [-0.2, 0) is 9.09 Å². The molecule has 0 rings (SSSR count). The van der Waals surface area contributed by atoms with E-state index < -0.39 is 7.04 Å². The normalized spacial score (nSPS) is 15.0. The van der Waals surface area contributed by atoms with Gasteiger partial charge >= 0.3 is 0 Å². The fourth-order valence-corrected chi connectivity index (χ4v) is 0.300. The molecule has 0 aromatic heterocycles. The Morgan fingerprint density at radius 3 is 2.50 bits per heavy atom. The summed E-state index contributed by atoms with van der Waals surface area (Å²) in [6.07, 6.45) is 0. The first-order valence-electron chi connectivity index (χ1n) is 1.17. The number of hydrogen-bond acceptors (Lipinski definition) is 3. The molecule has 2 nitrogen and oxygen atoms in total. The van der Waals surface area contributed by atoms with E-state index in [1.807, 2.05) is 0 Å². The summed E-state index contributed by atoms with van der Waals surface area (Å²) < 4.78 is 14.2. The molecule has 0 aliphatic carbocycles. The van der Waals surface area contributed by atoms with E-state index in [9.17, 15) is 4.57 Å². The summed E-state index contributed by atoms with van der Waals surface area (Å²) in [7, 11) is 0.496. The molecule has 0 spiro atoms. The van der Waals surface area contributed by atoms with E-state index in [1.165, 1.54) is 7.11 Å². The molecular weight excluding hydrogens is 138 g/mol. The van der Waals surface area contributed by atoms with Gasteiger partial charge in [0.05, 0.1) is 0 Å². The van der Waals surface area contributed by atoms with Gasteiger partial charge in [-0.3, -0.25) is 4.57 Å². The third-order valence-electron chi connectivity index (χ3n) is 0.233. The first-order valence-corrected chi connectivity index (χ1v) is 5.10. The van der Waals surface area contributed by atoms with E-state index in [-0.39, 0.29) is 8.15 Å². The van der Waals surface area contributed by atoms with E-state index in [0.29, 0.717) is 0 Å². The molecule has 0 aromatic rings. The first-order chi connectivity index (χ1) is 2.81. The minimum absolute atomic E-state index is 0.0150. The molecule has 36 valence electrons. The molecule has 0 radical (unpaired) electrons. The zero-order chi connectivity index (χ0) is 4.99. The fraction of sp³-hybridized carbons (Fsp3) is 1.00. The van der Waals surface area contributed by atoms with Crippen molar-refractivity contribution in [2.24, 2.45) is 0 Å². The molecule has 0 amide bonds. The molecule has 0 fully saturated rings. The van der Waals surface area contributed by atoms with Gasteiger partial charge in [-0.2, -0.15) is 0 Å². The molecule has 0 heterocycles. The van der Waals surface area contributed by atoms with Crippen LogP contribution in [0.15, 0.2) is 0 Å². The molecule has 0 N–H and O–H groups in total. The maximum absolute atomic E-state index is 9.66. The van der Waals surface area contributed by atoms with Crippen LogP contribution in [0.2, 0.25) is 0 Å². The largest absolute Gasteiger partial charge is 0.342 e. The van der Waals surface area contributed by atoms with Crippen LogP contribution in [0.1, 0.15) is 0 Å². The topological polar surface area (TPSA) is 26.3 Å². The van der Waals surface area contributed by atoms with Crippen LogP contribution in [0, 0.1) is 0 Å². The van der Waals surface area contributed by atoms with Gasteiger partial charge in [0, 0.05) is 7.11 Å². The lowest BCUT2D eigenvalue weighted by atomic mass is 11.8. The summed E-state index contributed by atoms with van der Waals surface area (Å²) >= 11 is 3.75. The highest BCUT2D eigenvalue weighted by molar-refractivity contribution is 8.63. The lowest BCUT2D eigenvalue weighted by molar-refractivity contribution is 0.480. The molecule has 0 bridgehead atoms. The summed E-state index contributed by atoms with van der Waals surface area (Å²) in [6, 6.07) is 0. The monoisotopic (exact) mass is 142 g/mol. The predicted octanol–water partition coefficient (Wildman–Crippen LogP) is 2.08. The molecule has 0 aliphatic rings. The van der Waals surface area contributed by atoms with E-state index >= 15 is 0 Å². The molecular formula is CH4O2P2S. The number of hydrogen-bond donors (Lipinski definition) is 1. The lowest BCUT2D eigenvalue weighted by Gasteiger charge is -1.89. The molecule has 0 saturated carbocycles. The van der Waals surface area contributed by atoms with Gasteiger partial charge in [-0.05, 0) is 0 Å². The first kappa shape index (κ1) is 6.84. The maximum atomic E-state index is 9.66. The second-order valence-electron chi connectivity index (χ2n) is 0.517. The second-order valence-corrected chi connectivity index (χ2v) is 5.17. The Morgan fingerprint density at radius 2 is 2.50 bits per heavy atom. The van der Waals surface area contributed by atoms with Gasteiger partial charge in [0.1, 0.15) is 0 Å². The van der Waals surface area contributed by atoms with E-state index in [2.05, 4.69) is 16.8 Å². The van der Waals surface area contributed by atoms with Crippen LogP contribution in [0.5, 0.6) is 0 Å². The zero-order valence-corrected chi connectivity index (χ0v) is 5.84. The van der Waals surface area contributed by atoms with Crippen molar-refractivity contribution in [1.82, 2.24) is 0 Å². The Bertz CT molecular complexity index is 48.8. The minimum Gasteiger partial charge on any atom is -0.342 e. The van der Waals surface area contributed by atoms with Crippen LogP contribution in [0.4, 0.5) is 0 Å². The summed E-state index contributed by atoms with van der Waals surface area (Å²) in [5, 5.41) is 0. The van der Waals surface area contributed by atoms with Crippen LogP contribution in [-0.4, -0.2) is 7.11 Å². The highest BCUT2D eigenvalue weighted by Crippen LogP contribution is 2.52. The van der Waals surface area contributed by atoms with Gasteiger partial charge in [0.15, 0.2) is 7.04 Å². The molecule has 5 heteroatoms. The van der Waals surface area contributed by atoms with Crippen LogP contribution in [0.25, 0.3) is 0 Å². The molecule has 0 aromatic carbocycles. The Kier molecular flexibility index (Phi) is 4.57. The predicted molar refractivity (Wildman–Crippen MR) is 30.5 cm³/mol. The molecule has 0 saturated heterocycles. The lowest BCUT2D eigenvalue weighted by Crippen LogP contribution is -1.52. The summed E-state index contributed by atoms with van der Waals surface area (Å²) in [5.41, 5.74) is 0. The van der Waals surface area contributed by atoms with Gasteiger partial charge in [-0.25, -0.2) is 0 Å². The standard InChI is InChI=1S/CH4O2P2S/c1-3-5(6)4-2/h6H,1H3. The number of thiol groups is 1. The average molecular weight is 142 g/mol. The minimum atomic E-state index is -0.965. The van der Waals surface area contributed by atoms with Crippen molar-refractivity contribution >= 4 is 27.4 Å². The van der Waals surface area contributed by atoms with E-state index in [4.69, 9.17) is 0 Å². The van der Waals surface area contributed by atoms with Crippen molar-refractivity contribution in [2.45, 2.75) is 0 Å². The molecule has 1 unspecified atom stereocenters. The van der Waals surface area contributed by atoms with Crippen molar-refractivity contribution in [2.75, 3.05) is 7.11 Å². The third kappa shape index (κ3) is 3.05. The molecule has 0 aliphatic heterocycles. The van der Waals surface area contributed by atoms with Crippen molar-refractivity contribution in [3.05, 3.63) is 0 Å². The SMILES string of the molecule is COP(S)P=O. The van der Waals surface area contributed by atoms with Crippen LogP contribution in [0.3, 0.4) is 0 Å². The zero-order valence-electron chi connectivity index (χ0n) is 3.16. The second kappa shape index (κ2) is 4.01. The third-order valence-corrected chi connectivity index (χ3v) is 2.76. The highest BCUT2D eigenvalue weighted by Gasteiger charge is 1.93. The number of rotatable bonds is 2. The summed E-state index contributed by atoms with van der Waals surface area (Å²) in [6.45, 7) is 0. The Morgan fingerprint density at radius 1 is 2.00 bits per heavy atom. The summed E-state index contributed by atoms with van der Waals surface area (Å²) in [5.74, 6) is 0. The van der Waals surface area contributed by atoms with Crippen molar-refractivity contribution < 1.29 is 9.09 Å². The fourth-order valence-electron chi connectivity index (χ4n) is 0.0333. The van der Waals surface area contributed by atoms with Gasteiger partial charge < -0.3 is 4.52 Å². The van der Waals surface area contributed by atoms with Crippen molar-refractivity contribution in [3.63, 3.8) is 0 Å². The van der Waals surface area contributed by atoms with E-state index in [1.54, 1.807) is 0 Å². The maximum Gasteiger partial charge on any atom is 0.223 e. The smallest absolute Gasteiger partial charge is 0.223 e.